The van der Waals surface area contributed by atoms with E-state index in [1.54, 1.807) is 44.4 Å². The lowest BCUT2D eigenvalue weighted by Gasteiger charge is -2.13. The van der Waals surface area contributed by atoms with Gasteiger partial charge in [0.25, 0.3) is 0 Å². The molecule has 114 valence electrons. The van der Waals surface area contributed by atoms with Gasteiger partial charge in [-0.25, -0.2) is 0 Å². The van der Waals surface area contributed by atoms with E-state index in [0.29, 0.717) is 22.4 Å². The highest BCUT2D eigenvalue weighted by Gasteiger charge is 2.16. The maximum absolute atomic E-state index is 12.6. The molecule has 0 aliphatic rings. The first-order valence-corrected chi connectivity index (χ1v) is 7.57. The second kappa shape index (κ2) is 6.75. The molecule has 2 rings (SSSR count). The first kappa shape index (κ1) is 16.2. The van der Waals surface area contributed by atoms with Gasteiger partial charge in [0.15, 0.2) is 5.78 Å². The molecule has 22 heavy (non-hydrogen) atoms. The number of benzene rings is 2. The molecule has 2 aromatic carbocycles. The molecule has 0 saturated heterocycles. The number of hydrogen-bond acceptors (Lipinski definition) is 3. The molecule has 0 saturated carbocycles. The highest BCUT2D eigenvalue weighted by atomic mass is 79.9. The third-order valence-electron chi connectivity index (χ3n) is 3.39. The van der Waals surface area contributed by atoms with Crippen LogP contribution in [-0.4, -0.2) is 30.7 Å². The summed E-state index contributed by atoms with van der Waals surface area (Å²) in [6, 6.07) is 12.3. The monoisotopic (exact) mass is 360 g/mol. The van der Waals surface area contributed by atoms with E-state index in [9.17, 15) is 9.59 Å². The predicted molar refractivity (Wildman–Crippen MR) is 90.8 cm³/mol. The number of hydrogen-bond donors (Lipinski definition) is 1. The molecule has 5 heteroatoms. The summed E-state index contributed by atoms with van der Waals surface area (Å²) in [6.07, 6.45) is 0.181. The van der Waals surface area contributed by atoms with Gasteiger partial charge in [-0.2, -0.15) is 0 Å². The van der Waals surface area contributed by atoms with Gasteiger partial charge in [-0.15, -0.1) is 0 Å². The topological polar surface area (TPSA) is 63.4 Å². The number of anilines is 1. The number of nitrogens with zero attached hydrogens (tertiary/aromatic N) is 1. The summed E-state index contributed by atoms with van der Waals surface area (Å²) in [7, 11) is 3.38. The minimum absolute atomic E-state index is 0.0556. The molecule has 2 aromatic rings. The number of halogens is 1. The molecule has 1 amide bonds. The van der Waals surface area contributed by atoms with Crippen LogP contribution < -0.4 is 5.73 Å². The molecule has 0 aliphatic heterocycles. The first-order chi connectivity index (χ1) is 10.4. The van der Waals surface area contributed by atoms with E-state index in [0.717, 1.165) is 4.47 Å². The summed E-state index contributed by atoms with van der Waals surface area (Å²) in [5, 5.41) is 0. The highest BCUT2D eigenvalue weighted by molar-refractivity contribution is 9.10. The molecule has 0 aliphatic carbocycles. The zero-order chi connectivity index (χ0) is 16.3. The zero-order valence-corrected chi connectivity index (χ0v) is 14.1. The zero-order valence-electron chi connectivity index (χ0n) is 12.5. The molecule has 2 N–H and O–H groups in total. The molecule has 0 aromatic heterocycles. The van der Waals surface area contributed by atoms with Crippen LogP contribution in [0.1, 0.15) is 21.5 Å². The second-order valence-electron chi connectivity index (χ2n) is 5.18. The average Bonchev–Trinajstić information content (AvgIpc) is 2.49. The highest BCUT2D eigenvalue weighted by Crippen LogP contribution is 2.22. The lowest BCUT2D eigenvalue weighted by molar-refractivity contribution is -0.127. The summed E-state index contributed by atoms with van der Waals surface area (Å²) in [6.45, 7) is 0. The Hall–Kier alpha value is -2.14. The van der Waals surface area contributed by atoms with Crippen LogP contribution >= 0.6 is 15.9 Å². The van der Waals surface area contributed by atoms with Crippen LogP contribution in [0.25, 0.3) is 0 Å². The van der Waals surface area contributed by atoms with E-state index in [-0.39, 0.29) is 18.1 Å². The van der Waals surface area contributed by atoms with Crippen LogP contribution in [0.5, 0.6) is 0 Å². The van der Waals surface area contributed by atoms with Crippen molar-refractivity contribution in [1.82, 2.24) is 4.90 Å². The molecule has 0 spiro atoms. The fourth-order valence-electron chi connectivity index (χ4n) is 2.04. The van der Waals surface area contributed by atoms with E-state index in [1.165, 1.54) is 4.90 Å². The van der Waals surface area contributed by atoms with E-state index in [4.69, 9.17) is 5.73 Å². The van der Waals surface area contributed by atoms with Gasteiger partial charge in [-0.3, -0.25) is 9.59 Å². The minimum Gasteiger partial charge on any atom is -0.398 e. The standard InChI is InChI=1S/C17H17BrN2O2/c1-20(2)15(21)10-12-4-3-5-14(16(12)19)17(22)11-6-8-13(18)9-7-11/h3-9H,10,19H2,1-2H3. The van der Waals surface area contributed by atoms with Gasteiger partial charge in [-0.05, 0) is 35.9 Å². The van der Waals surface area contributed by atoms with Crippen molar-refractivity contribution in [2.45, 2.75) is 6.42 Å². The van der Waals surface area contributed by atoms with Crippen LogP contribution in [-0.2, 0) is 11.2 Å². The Kier molecular flexibility index (Phi) is 4.98. The largest absolute Gasteiger partial charge is 0.398 e. The molecule has 0 heterocycles. The van der Waals surface area contributed by atoms with Gasteiger partial charge in [0.2, 0.25) is 5.91 Å². The van der Waals surface area contributed by atoms with E-state index in [1.807, 2.05) is 12.1 Å². The number of likely N-dealkylation sites (N-methyl/N-ethyl adjacent to an activating group) is 1. The Bertz CT molecular complexity index is 709. The number of carbonyl (C=O) groups excluding carboxylic acids is 2. The Morgan fingerprint density at radius 2 is 1.73 bits per heavy atom. The van der Waals surface area contributed by atoms with Crippen molar-refractivity contribution < 1.29 is 9.59 Å². The molecule has 0 bridgehead atoms. The Morgan fingerprint density at radius 1 is 1.09 bits per heavy atom. The molecule has 0 unspecified atom stereocenters. The maximum Gasteiger partial charge on any atom is 0.226 e. The van der Waals surface area contributed by atoms with Crippen LogP contribution in [0.3, 0.4) is 0 Å². The van der Waals surface area contributed by atoms with Crippen molar-refractivity contribution in [1.29, 1.82) is 0 Å². The van der Waals surface area contributed by atoms with Crippen molar-refractivity contribution in [2.24, 2.45) is 0 Å². The lowest BCUT2D eigenvalue weighted by atomic mass is 9.97. The Morgan fingerprint density at radius 3 is 2.32 bits per heavy atom. The Balaban J connectivity index is 2.34. The van der Waals surface area contributed by atoms with Crippen LogP contribution in [0, 0.1) is 0 Å². The number of amides is 1. The fraction of sp³-hybridized carbons (Fsp3) is 0.176. The normalized spacial score (nSPS) is 10.3. The summed E-state index contributed by atoms with van der Waals surface area (Å²) in [5.74, 6) is -0.205. The summed E-state index contributed by atoms with van der Waals surface area (Å²) in [5.41, 5.74) is 8.12. The third kappa shape index (κ3) is 3.54. The Labute approximate surface area is 138 Å². The molecule has 0 atom stereocenters. The predicted octanol–water partition coefficient (Wildman–Crippen LogP) is 2.89. The van der Waals surface area contributed by atoms with Crippen molar-refractivity contribution in [3.63, 3.8) is 0 Å². The summed E-state index contributed by atoms with van der Waals surface area (Å²) >= 11 is 3.34. The van der Waals surface area contributed by atoms with Gasteiger partial charge < -0.3 is 10.6 Å². The van der Waals surface area contributed by atoms with Gasteiger partial charge >= 0.3 is 0 Å². The van der Waals surface area contributed by atoms with Crippen LogP contribution in [0.2, 0.25) is 0 Å². The minimum atomic E-state index is -0.149. The van der Waals surface area contributed by atoms with Gasteiger partial charge in [0.05, 0.1) is 6.42 Å². The van der Waals surface area contributed by atoms with Crippen LogP contribution in [0.4, 0.5) is 5.69 Å². The van der Waals surface area contributed by atoms with E-state index < -0.39 is 0 Å². The number of para-hydroxylation sites is 1. The van der Waals surface area contributed by atoms with Gasteiger partial charge in [-0.1, -0.05) is 28.1 Å². The quantitative estimate of drug-likeness (QED) is 0.673. The van der Waals surface area contributed by atoms with Crippen molar-refractivity contribution >= 4 is 33.3 Å². The number of rotatable bonds is 4. The molecular weight excluding hydrogens is 344 g/mol. The fourth-order valence-corrected chi connectivity index (χ4v) is 2.31. The van der Waals surface area contributed by atoms with Crippen molar-refractivity contribution in [3.8, 4) is 0 Å². The first-order valence-electron chi connectivity index (χ1n) is 6.78. The van der Waals surface area contributed by atoms with Crippen molar-refractivity contribution in [3.05, 3.63) is 63.6 Å². The molecule has 4 nitrogen and oxygen atoms in total. The van der Waals surface area contributed by atoms with Crippen LogP contribution in [0.15, 0.2) is 46.9 Å². The number of carbonyl (C=O) groups is 2. The summed E-state index contributed by atoms with van der Waals surface area (Å²) < 4.78 is 0.905. The number of nitrogens with two attached hydrogens (primary N) is 1. The molecular formula is C17H17BrN2O2. The maximum atomic E-state index is 12.6. The number of ketones is 1. The van der Waals surface area contributed by atoms with E-state index >= 15 is 0 Å². The molecule has 0 fully saturated rings. The smallest absolute Gasteiger partial charge is 0.226 e. The molecule has 0 radical (unpaired) electrons. The second-order valence-corrected chi connectivity index (χ2v) is 6.10. The lowest BCUT2D eigenvalue weighted by Crippen LogP contribution is -2.24. The summed E-state index contributed by atoms with van der Waals surface area (Å²) in [4.78, 5) is 25.9. The van der Waals surface area contributed by atoms with E-state index in [2.05, 4.69) is 15.9 Å². The SMILES string of the molecule is CN(C)C(=O)Cc1cccc(C(=O)c2ccc(Br)cc2)c1N. The van der Waals surface area contributed by atoms with Crippen molar-refractivity contribution in [2.75, 3.05) is 19.8 Å². The third-order valence-corrected chi connectivity index (χ3v) is 3.92. The average molecular weight is 361 g/mol. The van der Waals surface area contributed by atoms with Gasteiger partial charge in [0, 0.05) is 35.4 Å². The number of nitrogen functional groups attached to an aromatic ring is 1. The van der Waals surface area contributed by atoms with Gasteiger partial charge in [0.1, 0.15) is 0 Å².